The Kier molecular flexibility index (Phi) is 4.12. The van der Waals surface area contributed by atoms with Gasteiger partial charge in [0.2, 0.25) is 5.91 Å². The molecule has 0 aromatic heterocycles. The maximum absolute atomic E-state index is 11.7. The van der Waals surface area contributed by atoms with Crippen LogP contribution in [-0.2, 0) is 4.79 Å². The van der Waals surface area contributed by atoms with Crippen molar-refractivity contribution in [3.63, 3.8) is 0 Å². The van der Waals surface area contributed by atoms with Crippen LogP contribution in [0, 0.1) is 5.92 Å². The Morgan fingerprint density at radius 2 is 1.94 bits per heavy atom. The Morgan fingerprint density at radius 3 is 2.44 bits per heavy atom. The van der Waals surface area contributed by atoms with E-state index in [1.165, 1.54) is 4.90 Å². The Morgan fingerprint density at radius 1 is 1.31 bits per heavy atom. The number of nitrogens with zero attached hydrogens (tertiary/aromatic N) is 1. The lowest BCUT2D eigenvalue weighted by atomic mass is 9.83. The number of carbonyl (C=O) groups is 2. The zero-order chi connectivity index (χ0) is 12.3. The minimum atomic E-state index is -1.16. The van der Waals surface area contributed by atoms with Gasteiger partial charge in [0, 0.05) is 20.0 Å². The van der Waals surface area contributed by atoms with E-state index in [1.54, 1.807) is 14.1 Å². The number of nitrogens with one attached hydrogen (secondary N) is 1. The Labute approximate surface area is 94.2 Å². The Balaban J connectivity index is 2.60. The number of amides is 2. The van der Waals surface area contributed by atoms with Gasteiger partial charge in [-0.15, -0.1) is 0 Å². The summed E-state index contributed by atoms with van der Waals surface area (Å²) in [5.74, 6) is -0.209. The minimum absolute atomic E-state index is 0.0101. The summed E-state index contributed by atoms with van der Waals surface area (Å²) in [5.41, 5.74) is 0. The Hall–Kier alpha value is -1.30. The number of carbonyl (C=O) groups excluding carboxylic acids is 1. The lowest BCUT2D eigenvalue weighted by molar-refractivity contribution is -0.135. The molecular weight excluding hydrogens is 212 g/mol. The number of hydrogen-bond donors (Lipinski definition) is 3. The molecular formula is C10H18N2O4. The second-order valence-electron chi connectivity index (χ2n) is 4.37. The van der Waals surface area contributed by atoms with Crippen molar-refractivity contribution < 1.29 is 19.8 Å². The topological polar surface area (TPSA) is 89.9 Å². The lowest BCUT2D eigenvalue weighted by Gasteiger charge is -2.33. The van der Waals surface area contributed by atoms with Gasteiger partial charge in [0.25, 0.3) is 0 Å². The number of aliphatic hydroxyl groups excluding tert-OH is 1. The molecule has 16 heavy (non-hydrogen) atoms. The third-order valence-electron chi connectivity index (χ3n) is 2.91. The molecule has 6 heteroatoms. The van der Waals surface area contributed by atoms with Gasteiger partial charge in [0.05, 0.1) is 12.1 Å². The first-order valence-corrected chi connectivity index (χ1v) is 5.30. The van der Waals surface area contributed by atoms with E-state index in [2.05, 4.69) is 5.32 Å². The van der Waals surface area contributed by atoms with Crippen molar-refractivity contribution in [3.05, 3.63) is 0 Å². The van der Waals surface area contributed by atoms with Crippen molar-refractivity contribution in [2.45, 2.75) is 31.4 Å². The van der Waals surface area contributed by atoms with E-state index in [4.69, 9.17) is 5.11 Å². The summed E-state index contributed by atoms with van der Waals surface area (Å²) in [6.07, 6.45) is -0.431. The summed E-state index contributed by atoms with van der Waals surface area (Å²) in [5, 5.41) is 20.5. The standard InChI is InChI=1S/C10H18N2O4/c1-12(2)9(14)6-3-4-8(13)7(5-6)11-10(15)16/h6-8,11,13H,3-5H2,1-2H3,(H,15,16)/t6-,7?,8?/m0/s1. The van der Waals surface area contributed by atoms with Crippen LogP contribution in [0.3, 0.4) is 0 Å². The van der Waals surface area contributed by atoms with Gasteiger partial charge < -0.3 is 20.4 Å². The molecule has 0 saturated heterocycles. The predicted octanol–water partition coefficient (Wildman–Crippen LogP) is -0.128. The zero-order valence-corrected chi connectivity index (χ0v) is 9.51. The highest BCUT2D eigenvalue weighted by atomic mass is 16.4. The van der Waals surface area contributed by atoms with Crippen molar-refractivity contribution in [1.29, 1.82) is 0 Å². The second kappa shape index (κ2) is 5.16. The first-order chi connectivity index (χ1) is 7.41. The maximum atomic E-state index is 11.7. The van der Waals surface area contributed by atoms with Crippen LogP contribution in [0.4, 0.5) is 4.79 Å². The lowest BCUT2D eigenvalue weighted by Crippen LogP contribution is -2.49. The molecule has 0 aromatic carbocycles. The largest absolute Gasteiger partial charge is 0.465 e. The van der Waals surface area contributed by atoms with Crippen LogP contribution in [0.2, 0.25) is 0 Å². The molecule has 3 atom stereocenters. The van der Waals surface area contributed by atoms with E-state index in [-0.39, 0.29) is 11.8 Å². The van der Waals surface area contributed by atoms with Crippen LogP contribution >= 0.6 is 0 Å². The molecule has 1 saturated carbocycles. The van der Waals surface area contributed by atoms with Crippen LogP contribution in [0.25, 0.3) is 0 Å². The first-order valence-electron chi connectivity index (χ1n) is 5.30. The molecule has 2 amide bonds. The van der Waals surface area contributed by atoms with Gasteiger partial charge in [-0.2, -0.15) is 0 Å². The van der Waals surface area contributed by atoms with Crippen LogP contribution in [-0.4, -0.2) is 53.4 Å². The van der Waals surface area contributed by atoms with Crippen molar-refractivity contribution in [1.82, 2.24) is 10.2 Å². The van der Waals surface area contributed by atoms with E-state index >= 15 is 0 Å². The number of aliphatic hydroxyl groups is 1. The third-order valence-corrected chi connectivity index (χ3v) is 2.91. The highest BCUT2D eigenvalue weighted by Gasteiger charge is 2.34. The molecule has 92 valence electrons. The highest BCUT2D eigenvalue weighted by molar-refractivity contribution is 5.78. The van der Waals surface area contributed by atoms with Gasteiger partial charge in [-0.05, 0) is 19.3 Å². The molecule has 0 aromatic rings. The van der Waals surface area contributed by atoms with Gasteiger partial charge in [-0.1, -0.05) is 0 Å². The third kappa shape index (κ3) is 3.10. The Bertz CT molecular complexity index is 280. The summed E-state index contributed by atoms with van der Waals surface area (Å²) >= 11 is 0. The van der Waals surface area contributed by atoms with Crippen molar-refractivity contribution in [2.75, 3.05) is 14.1 Å². The normalized spacial score (nSPS) is 29.6. The fourth-order valence-corrected chi connectivity index (χ4v) is 2.06. The molecule has 0 aliphatic heterocycles. The molecule has 1 fully saturated rings. The molecule has 3 N–H and O–H groups in total. The monoisotopic (exact) mass is 230 g/mol. The van der Waals surface area contributed by atoms with E-state index < -0.39 is 18.2 Å². The highest BCUT2D eigenvalue weighted by Crippen LogP contribution is 2.26. The number of hydrogen-bond acceptors (Lipinski definition) is 3. The van der Waals surface area contributed by atoms with Crippen molar-refractivity contribution in [2.24, 2.45) is 5.92 Å². The smallest absolute Gasteiger partial charge is 0.404 e. The van der Waals surface area contributed by atoms with Crippen molar-refractivity contribution in [3.8, 4) is 0 Å². The van der Waals surface area contributed by atoms with Gasteiger partial charge >= 0.3 is 6.09 Å². The summed E-state index contributed by atoms with van der Waals surface area (Å²) in [4.78, 5) is 23.7. The molecule has 1 aliphatic carbocycles. The molecule has 1 rings (SSSR count). The molecule has 0 spiro atoms. The molecule has 1 aliphatic rings. The SMILES string of the molecule is CN(C)C(=O)[C@H]1CCC(O)C(NC(=O)O)C1. The summed E-state index contributed by atoms with van der Waals surface area (Å²) in [6, 6.07) is -0.542. The fraction of sp³-hybridized carbons (Fsp3) is 0.800. The van der Waals surface area contributed by atoms with Crippen molar-refractivity contribution >= 4 is 12.0 Å². The summed E-state index contributed by atoms with van der Waals surface area (Å²) in [7, 11) is 3.35. The number of rotatable bonds is 2. The first kappa shape index (κ1) is 12.8. The van der Waals surface area contributed by atoms with Gasteiger partial charge in [-0.3, -0.25) is 4.79 Å². The van der Waals surface area contributed by atoms with Gasteiger partial charge in [0.15, 0.2) is 0 Å². The van der Waals surface area contributed by atoms with Crippen LogP contribution in [0.1, 0.15) is 19.3 Å². The molecule has 6 nitrogen and oxygen atoms in total. The second-order valence-corrected chi connectivity index (χ2v) is 4.37. The van der Waals surface area contributed by atoms with E-state index in [9.17, 15) is 14.7 Å². The zero-order valence-electron chi connectivity index (χ0n) is 9.51. The molecule has 2 unspecified atom stereocenters. The predicted molar refractivity (Wildman–Crippen MR) is 57.0 cm³/mol. The molecule has 0 bridgehead atoms. The fourth-order valence-electron chi connectivity index (χ4n) is 2.06. The van der Waals surface area contributed by atoms with E-state index in [0.717, 1.165) is 0 Å². The number of carboxylic acid groups (broad SMARTS) is 1. The van der Waals surface area contributed by atoms with Crippen LogP contribution in [0.5, 0.6) is 0 Å². The molecule has 0 heterocycles. The maximum Gasteiger partial charge on any atom is 0.404 e. The van der Waals surface area contributed by atoms with Gasteiger partial charge in [-0.25, -0.2) is 4.79 Å². The molecule has 0 radical (unpaired) electrons. The van der Waals surface area contributed by atoms with Gasteiger partial charge in [0.1, 0.15) is 0 Å². The van der Waals surface area contributed by atoms with E-state index in [0.29, 0.717) is 19.3 Å². The van der Waals surface area contributed by atoms with Crippen LogP contribution < -0.4 is 5.32 Å². The summed E-state index contributed by atoms with van der Waals surface area (Å²) < 4.78 is 0. The van der Waals surface area contributed by atoms with E-state index in [1.807, 2.05) is 0 Å². The average Bonchev–Trinajstić information content (AvgIpc) is 2.19. The summed E-state index contributed by atoms with van der Waals surface area (Å²) in [6.45, 7) is 0. The minimum Gasteiger partial charge on any atom is -0.465 e. The average molecular weight is 230 g/mol. The van der Waals surface area contributed by atoms with Crippen LogP contribution in [0.15, 0.2) is 0 Å². The quantitative estimate of drug-likeness (QED) is 0.616.